The summed E-state index contributed by atoms with van der Waals surface area (Å²) in [6.45, 7) is 1.52. The number of benzene rings is 1. The van der Waals surface area contributed by atoms with Gasteiger partial charge in [-0.1, -0.05) is 0 Å². The zero-order valence-corrected chi connectivity index (χ0v) is 12.2. The van der Waals surface area contributed by atoms with Gasteiger partial charge < -0.3 is 10.2 Å². The molecule has 1 saturated heterocycles. The Kier molecular flexibility index (Phi) is 4.44. The number of anilines is 1. The minimum atomic E-state index is -3.40. The lowest BCUT2D eigenvalue weighted by Gasteiger charge is -2.19. The second-order valence-electron chi connectivity index (χ2n) is 4.90. The van der Waals surface area contributed by atoms with Crippen LogP contribution in [0.15, 0.2) is 29.2 Å². The van der Waals surface area contributed by atoms with Gasteiger partial charge in [0.2, 0.25) is 10.0 Å². The van der Waals surface area contributed by atoms with Crippen LogP contribution in [0.3, 0.4) is 0 Å². The molecule has 5 nitrogen and oxygen atoms in total. The molecule has 1 aliphatic rings. The van der Waals surface area contributed by atoms with Crippen molar-refractivity contribution in [2.45, 2.75) is 23.8 Å². The molecule has 1 heterocycles. The van der Waals surface area contributed by atoms with Gasteiger partial charge >= 0.3 is 0 Å². The quantitative estimate of drug-likeness (QED) is 0.849. The summed E-state index contributed by atoms with van der Waals surface area (Å²) >= 11 is 0. The predicted molar refractivity (Wildman–Crippen MR) is 76.8 cm³/mol. The Morgan fingerprint density at radius 3 is 2.53 bits per heavy atom. The fraction of sp³-hybridized carbons (Fsp3) is 0.538. The largest absolute Gasteiger partial charge is 0.388 e. The average molecular weight is 283 g/mol. The predicted octanol–water partition coefficient (Wildman–Crippen LogP) is 1.10. The van der Waals surface area contributed by atoms with Crippen LogP contribution in [0.25, 0.3) is 0 Å². The van der Waals surface area contributed by atoms with E-state index in [2.05, 4.69) is 14.9 Å². The highest BCUT2D eigenvalue weighted by Gasteiger charge is 2.23. The lowest BCUT2D eigenvalue weighted by Crippen LogP contribution is -2.38. The molecular weight excluding hydrogens is 262 g/mol. The second-order valence-corrected chi connectivity index (χ2v) is 6.67. The van der Waals surface area contributed by atoms with Crippen LogP contribution in [-0.4, -0.2) is 46.5 Å². The van der Waals surface area contributed by atoms with Crippen LogP contribution < -0.4 is 10.0 Å². The number of nitrogens with one attached hydrogen (secondary N) is 2. The molecule has 0 aromatic heterocycles. The van der Waals surface area contributed by atoms with Crippen molar-refractivity contribution in [2.24, 2.45) is 0 Å². The lowest BCUT2D eigenvalue weighted by molar-refractivity contribution is 0.311. The van der Waals surface area contributed by atoms with E-state index in [1.54, 1.807) is 31.3 Å². The Hall–Kier alpha value is -1.11. The molecule has 1 aliphatic heterocycles. The van der Waals surface area contributed by atoms with E-state index >= 15 is 0 Å². The van der Waals surface area contributed by atoms with Gasteiger partial charge in [-0.05, 0) is 50.7 Å². The Bertz CT molecular complexity index is 513. The molecule has 106 valence electrons. The maximum atomic E-state index is 12.1. The van der Waals surface area contributed by atoms with Gasteiger partial charge in [0.05, 0.1) is 4.90 Å². The van der Waals surface area contributed by atoms with Crippen LogP contribution >= 0.6 is 0 Å². The summed E-state index contributed by atoms with van der Waals surface area (Å²) in [6.07, 6.45) is 2.19. The van der Waals surface area contributed by atoms with Crippen LogP contribution in [0.5, 0.6) is 0 Å². The van der Waals surface area contributed by atoms with E-state index in [0.29, 0.717) is 17.5 Å². The Balaban J connectivity index is 2.01. The van der Waals surface area contributed by atoms with Crippen molar-refractivity contribution in [1.82, 2.24) is 9.62 Å². The van der Waals surface area contributed by atoms with Crippen LogP contribution in [-0.2, 0) is 10.0 Å². The molecule has 0 aliphatic carbocycles. The number of hydrogen-bond donors (Lipinski definition) is 2. The van der Waals surface area contributed by atoms with Crippen LogP contribution in [0.2, 0.25) is 0 Å². The molecule has 6 heteroatoms. The number of hydrogen-bond acceptors (Lipinski definition) is 4. The van der Waals surface area contributed by atoms with Gasteiger partial charge in [0.25, 0.3) is 0 Å². The first-order valence-electron chi connectivity index (χ1n) is 6.50. The first-order valence-corrected chi connectivity index (χ1v) is 7.99. The normalized spacial score (nSPS) is 20.6. The van der Waals surface area contributed by atoms with Crippen molar-refractivity contribution in [3.05, 3.63) is 24.3 Å². The summed E-state index contributed by atoms with van der Waals surface area (Å²) in [6, 6.07) is 7.07. The van der Waals surface area contributed by atoms with E-state index < -0.39 is 10.0 Å². The smallest absolute Gasteiger partial charge is 0.240 e. The third-order valence-electron chi connectivity index (χ3n) is 3.63. The SMILES string of the molecule is CNc1ccc(S(=O)(=O)NCC2CCCN2C)cc1. The van der Waals surface area contributed by atoms with Crippen molar-refractivity contribution < 1.29 is 8.42 Å². The lowest BCUT2D eigenvalue weighted by atomic mass is 10.2. The van der Waals surface area contributed by atoms with E-state index in [-0.39, 0.29) is 0 Å². The van der Waals surface area contributed by atoms with Crippen molar-refractivity contribution in [2.75, 3.05) is 32.5 Å². The molecule has 2 rings (SSSR count). The van der Waals surface area contributed by atoms with Gasteiger partial charge in [0.15, 0.2) is 0 Å². The molecule has 19 heavy (non-hydrogen) atoms. The number of sulfonamides is 1. The highest BCUT2D eigenvalue weighted by atomic mass is 32.2. The average Bonchev–Trinajstić information content (AvgIpc) is 2.82. The molecule has 0 radical (unpaired) electrons. The molecule has 1 aromatic carbocycles. The summed E-state index contributed by atoms with van der Waals surface area (Å²) in [5.74, 6) is 0. The van der Waals surface area contributed by atoms with Crippen molar-refractivity contribution in [3.8, 4) is 0 Å². The molecule has 0 spiro atoms. The number of likely N-dealkylation sites (tertiary alicyclic amines) is 1. The van der Waals surface area contributed by atoms with Crippen molar-refractivity contribution >= 4 is 15.7 Å². The molecule has 0 bridgehead atoms. The monoisotopic (exact) mass is 283 g/mol. The molecule has 0 amide bonds. The van der Waals surface area contributed by atoms with Gasteiger partial charge in [0, 0.05) is 25.3 Å². The minimum absolute atomic E-state index is 0.311. The van der Waals surface area contributed by atoms with Crippen molar-refractivity contribution in [1.29, 1.82) is 0 Å². The maximum Gasteiger partial charge on any atom is 0.240 e. The molecule has 1 aromatic rings. The molecular formula is C13H21N3O2S. The van der Waals surface area contributed by atoms with E-state index in [0.717, 1.165) is 25.1 Å². The summed E-state index contributed by atoms with van der Waals surface area (Å²) in [5.41, 5.74) is 0.898. The Morgan fingerprint density at radius 1 is 1.32 bits per heavy atom. The zero-order chi connectivity index (χ0) is 13.9. The fourth-order valence-corrected chi connectivity index (χ4v) is 3.40. The molecule has 1 unspecified atom stereocenters. The Labute approximate surface area is 115 Å². The Morgan fingerprint density at radius 2 is 2.00 bits per heavy atom. The van der Waals surface area contributed by atoms with Crippen molar-refractivity contribution in [3.63, 3.8) is 0 Å². The van der Waals surface area contributed by atoms with Gasteiger partial charge in [0.1, 0.15) is 0 Å². The molecule has 0 saturated carbocycles. The van der Waals surface area contributed by atoms with Crippen LogP contribution in [0.4, 0.5) is 5.69 Å². The number of rotatable bonds is 5. The molecule has 1 fully saturated rings. The van der Waals surface area contributed by atoms with E-state index in [1.165, 1.54) is 0 Å². The highest BCUT2D eigenvalue weighted by Crippen LogP contribution is 2.16. The number of likely N-dealkylation sites (N-methyl/N-ethyl adjacent to an activating group) is 1. The maximum absolute atomic E-state index is 12.1. The first kappa shape index (κ1) is 14.3. The topological polar surface area (TPSA) is 61.4 Å². The summed E-state index contributed by atoms with van der Waals surface area (Å²) in [5, 5.41) is 2.97. The zero-order valence-electron chi connectivity index (χ0n) is 11.4. The van der Waals surface area contributed by atoms with Crippen LogP contribution in [0.1, 0.15) is 12.8 Å². The van der Waals surface area contributed by atoms with Gasteiger partial charge in [-0.2, -0.15) is 0 Å². The van der Waals surface area contributed by atoms with Gasteiger partial charge in [-0.3, -0.25) is 0 Å². The number of nitrogens with zero attached hydrogens (tertiary/aromatic N) is 1. The highest BCUT2D eigenvalue weighted by molar-refractivity contribution is 7.89. The summed E-state index contributed by atoms with van der Waals surface area (Å²) < 4.78 is 27.0. The standard InChI is InChI=1S/C13H21N3O2S/c1-14-11-5-7-13(8-6-11)19(17,18)15-10-12-4-3-9-16(12)2/h5-8,12,14-15H,3-4,9-10H2,1-2H3. The van der Waals surface area contributed by atoms with E-state index in [4.69, 9.17) is 0 Å². The fourth-order valence-electron chi connectivity index (χ4n) is 2.33. The molecule has 2 N–H and O–H groups in total. The van der Waals surface area contributed by atoms with Crippen LogP contribution in [0, 0.1) is 0 Å². The molecule has 1 atom stereocenters. The third-order valence-corrected chi connectivity index (χ3v) is 5.07. The van der Waals surface area contributed by atoms with E-state index in [9.17, 15) is 8.42 Å². The summed E-state index contributed by atoms with van der Waals surface area (Å²) in [7, 11) is 0.438. The third kappa shape index (κ3) is 3.46. The van der Waals surface area contributed by atoms with E-state index in [1.807, 2.05) is 7.05 Å². The van der Waals surface area contributed by atoms with Gasteiger partial charge in [-0.25, -0.2) is 13.1 Å². The minimum Gasteiger partial charge on any atom is -0.388 e. The second kappa shape index (κ2) is 5.90. The first-order chi connectivity index (χ1) is 9.03. The summed E-state index contributed by atoms with van der Waals surface area (Å²) in [4.78, 5) is 2.51. The van der Waals surface area contributed by atoms with Gasteiger partial charge in [-0.15, -0.1) is 0 Å².